The number of hydrogen-bond acceptors (Lipinski definition) is 6. The van der Waals surface area contributed by atoms with Crippen LogP contribution >= 0.6 is 0 Å². The first-order valence-electron chi connectivity index (χ1n) is 10.2. The molecule has 0 radical (unpaired) electrons. The van der Waals surface area contributed by atoms with E-state index in [4.69, 9.17) is 9.47 Å². The highest BCUT2D eigenvalue weighted by Gasteiger charge is 2.19. The number of aromatic nitrogens is 3. The van der Waals surface area contributed by atoms with Crippen LogP contribution in [0.2, 0.25) is 0 Å². The Labute approximate surface area is 179 Å². The van der Waals surface area contributed by atoms with E-state index in [9.17, 15) is 4.79 Å². The van der Waals surface area contributed by atoms with E-state index in [2.05, 4.69) is 32.0 Å². The van der Waals surface area contributed by atoms with Crippen LogP contribution in [0.4, 0.5) is 0 Å². The Hall–Kier alpha value is -3.71. The van der Waals surface area contributed by atoms with E-state index in [-0.39, 0.29) is 12.7 Å². The summed E-state index contributed by atoms with van der Waals surface area (Å²) < 4.78 is 11.5. The molecule has 0 bridgehead atoms. The number of carbonyl (C=O) groups excluding carboxylic acids is 1. The van der Waals surface area contributed by atoms with Crippen molar-refractivity contribution in [1.82, 2.24) is 19.9 Å². The maximum Gasteiger partial charge on any atom is 0.339 e. The van der Waals surface area contributed by atoms with Crippen LogP contribution in [-0.2, 0) is 24.3 Å². The molecule has 1 aliphatic rings. The van der Waals surface area contributed by atoms with E-state index in [0.29, 0.717) is 18.7 Å². The van der Waals surface area contributed by atoms with Crippen LogP contribution in [0.25, 0.3) is 11.0 Å². The van der Waals surface area contributed by atoms with Crippen molar-refractivity contribution in [2.24, 2.45) is 0 Å². The van der Waals surface area contributed by atoms with Gasteiger partial charge in [-0.1, -0.05) is 12.1 Å². The third-order valence-corrected chi connectivity index (χ3v) is 5.42. The molecule has 0 aliphatic carbocycles. The Morgan fingerprint density at radius 1 is 1.06 bits per heavy atom. The summed E-state index contributed by atoms with van der Waals surface area (Å²) in [6.07, 6.45) is 4.28. The molecule has 0 saturated heterocycles. The van der Waals surface area contributed by atoms with Crippen LogP contribution in [-0.4, -0.2) is 39.1 Å². The van der Waals surface area contributed by atoms with Crippen LogP contribution < -0.4 is 4.74 Å². The van der Waals surface area contributed by atoms with Crippen molar-refractivity contribution in [3.8, 4) is 5.75 Å². The molecule has 4 aromatic rings. The van der Waals surface area contributed by atoms with Gasteiger partial charge in [-0.15, -0.1) is 0 Å². The molecule has 0 saturated carbocycles. The molecule has 0 unspecified atom stereocenters. The fraction of sp³-hybridized carbons (Fsp3) is 0.208. The number of carbonyl (C=O) groups is 1. The van der Waals surface area contributed by atoms with Crippen molar-refractivity contribution in [1.29, 1.82) is 0 Å². The summed E-state index contributed by atoms with van der Waals surface area (Å²) >= 11 is 0. The first-order valence-corrected chi connectivity index (χ1v) is 10.2. The average Bonchev–Trinajstić information content (AvgIpc) is 3.29. The van der Waals surface area contributed by atoms with Gasteiger partial charge in [-0.3, -0.25) is 9.88 Å². The lowest BCUT2D eigenvalue weighted by Gasteiger charge is -2.28. The molecule has 5 rings (SSSR count). The number of pyridine rings is 1. The topological polar surface area (TPSA) is 80.3 Å². The molecule has 156 valence electrons. The Kier molecular flexibility index (Phi) is 5.33. The van der Waals surface area contributed by atoms with Gasteiger partial charge in [0.25, 0.3) is 0 Å². The van der Waals surface area contributed by atoms with E-state index in [1.54, 1.807) is 24.7 Å². The molecular weight excluding hydrogens is 392 g/mol. The average molecular weight is 414 g/mol. The Morgan fingerprint density at radius 2 is 2.03 bits per heavy atom. The lowest BCUT2D eigenvalue weighted by Crippen LogP contribution is -2.33. The fourth-order valence-electron chi connectivity index (χ4n) is 3.73. The first-order chi connectivity index (χ1) is 15.2. The summed E-state index contributed by atoms with van der Waals surface area (Å²) in [5.41, 5.74) is 5.54. The van der Waals surface area contributed by atoms with Gasteiger partial charge in [0, 0.05) is 19.3 Å². The summed E-state index contributed by atoms with van der Waals surface area (Å²) in [4.78, 5) is 26.1. The zero-order chi connectivity index (χ0) is 21.0. The number of nitrogens with one attached hydrogen (secondary N) is 1. The molecule has 2 aromatic carbocycles. The molecule has 0 spiro atoms. The standard InChI is InChI=1S/C24H22N4O3/c29-24(18-5-7-22-23(12-18)27-15-26-22)31-16-28-10-8-17-4-6-21(11-19(17)13-28)30-14-20-3-1-2-9-25-20/h1-7,9,11-12,15H,8,10,13-14,16H2,(H,26,27). The second-order valence-corrected chi connectivity index (χ2v) is 7.54. The van der Waals surface area contributed by atoms with Gasteiger partial charge in [0.15, 0.2) is 0 Å². The lowest BCUT2D eigenvalue weighted by molar-refractivity contribution is 0.0181. The Morgan fingerprint density at radius 3 is 2.94 bits per heavy atom. The van der Waals surface area contributed by atoms with Crippen LogP contribution in [0.3, 0.4) is 0 Å². The van der Waals surface area contributed by atoms with Crippen molar-refractivity contribution in [3.63, 3.8) is 0 Å². The van der Waals surface area contributed by atoms with Crippen LogP contribution in [0, 0.1) is 0 Å². The summed E-state index contributed by atoms with van der Waals surface area (Å²) in [7, 11) is 0. The fourth-order valence-corrected chi connectivity index (χ4v) is 3.73. The molecule has 3 heterocycles. The SMILES string of the molecule is O=C(OCN1CCc2ccc(OCc3ccccn3)cc2C1)c1ccc2nc[nH]c2c1. The van der Waals surface area contributed by atoms with Crippen LogP contribution in [0.5, 0.6) is 5.75 Å². The largest absolute Gasteiger partial charge is 0.487 e. The number of H-pyrrole nitrogens is 1. The molecule has 2 aromatic heterocycles. The minimum atomic E-state index is -0.338. The van der Waals surface area contributed by atoms with Crippen molar-refractivity contribution in [3.05, 3.63) is 89.5 Å². The minimum absolute atomic E-state index is 0.248. The van der Waals surface area contributed by atoms with E-state index in [1.165, 1.54) is 11.1 Å². The van der Waals surface area contributed by atoms with Crippen molar-refractivity contribution >= 4 is 17.0 Å². The Balaban J connectivity index is 1.19. The van der Waals surface area contributed by atoms with Crippen molar-refractivity contribution in [2.45, 2.75) is 19.6 Å². The third kappa shape index (κ3) is 4.41. The molecule has 31 heavy (non-hydrogen) atoms. The number of benzene rings is 2. The molecule has 0 amide bonds. The zero-order valence-corrected chi connectivity index (χ0v) is 17.0. The second kappa shape index (κ2) is 8.57. The van der Waals surface area contributed by atoms with Gasteiger partial charge in [-0.05, 0) is 60.0 Å². The quantitative estimate of drug-likeness (QED) is 0.485. The van der Waals surface area contributed by atoms with Gasteiger partial charge in [0.1, 0.15) is 19.1 Å². The highest BCUT2D eigenvalue weighted by molar-refractivity contribution is 5.93. The number of fused-ring (bicyclic) bond motifs is 2. The summed E-state index contributed by atoms with van der Waals surface area (Å²) in [5, 5.41) is 0. The highest BCUT2D eigenvalue weighted by atomic mass is 16.5. The minimum Gasteiger partial charge on any atom is -0.487 e. The third-order valence-electron chi connectivity index (χ3n) is 5.42. The van der Waals surface area contributed by atoms with Crippen molar-refractivity contribution in [2.75, 3.05) is 13.3 Å². The molecule has 7 heteroatoms. The number of rotatable bonds is 6. The van der Waals surface area contributed by atoms with Gasteiger partial charge in [0.05, 0.1) is 28.6 Å². The first kappa shape index (κ1) is 19.3. The molecular formula is C24H22N4O3. The molecule has 1 aliphatic heterocycles. The predicted octanol–water partition coefficient (Wildman–Crippen LogP) is 3.71. The van der Waals surface area contributed by atoms with Gasteiger partial charge in [-0.2, -0.15) is 0 Å². The van der Waals surface area contributed by atoms with Crippen molar-refractivity contribution < 1.29 is 14.3 Å². The summed E-state index contributed by atoms with van der Waals surface area (Å²) in [6, 6.07) is 17.3. The van der Waals surface area contributed by atoms with E-state index in [1.807, 2.05) is 30.3 Å². The maximum absolute atomic E-state index is 12.5. The van der Waals surface area contributed by atoms with Gasteiger partial charge in [0.2, 0.25) is 0 Å². The number of hydrogen-bond donors (Lipinski definition) is 1. The summed E-state index contributed by atoms with van der Waals surface area (Å²) in [6.45, 7) is 2.23. The number of nitrogens with zero attached hydrogens (tertiary/aromatic N) is 3. The van der Waals surface area contributed by atoms with Crippen LogP contribution in [0.15, 0.2) is 67.1 Å². The smallest absolute Gasteiger partial charge is 0.339 e. The maximum atomic E-state index is 12.5. The van der Waals surface area contributed by atoms with E-state index >= 15 is 0 Å². The van der Waals surface area contributed by atoms with Gasteiger partial charge >= 0.3 is 5.97 Å². The van der Waals surface area contributed by atoms with Gasteiger partial charge < -0.3 is 14.5 Å². The molecule has 0 atom stereocenters. The molecule has 0 fully saturated rings. The lowest BCUT2D eigenvalue weighted by atomic mass is 10.00. The van der Waals surface area contributed by atoms with Gasteiger partial charge in [-0.25, -0.2) is 9.78 Å². The van der Waals surface area contributed by atoms with E-state index in [0.717, 1.165) is 35.4 Å². The number of imidazole rings is 1. The molecule has 7 nitrogen and oxygen atoms in total. The zero-order valence-electron chi connectivity index (χ0n) is 17.0. The highest BCUT2D eigenvalue weighted by Crippen LogP contribution is 2.24. The Bertz CT molecular complexity index is 1210. The summed E-state index contributed by atoms with van der Waals surface area (Å²) in [5.74, 6) is 0.478. The number of ether oxygens (including phenoxy) is 2. The monoisotopic (exact) mass is 414 g/mol. The predicted molar refractivity (Wildman–Crippen MR) is 116 cm³/mol. The normalized spacial score (nSPS) is 13.7. The molecule has 1 N–H and O–H groups in total. The van der Waals surface area contributed by atoms with Crippen LogP contribution in [0.1, 0.15) is 27.2 Å². The van der Waals surface area contributed by atoms with E-state index < -0.39 is 0 Å². The number of aromatic amines is 1. The second-order valence-electron chi connectivity index (χ2n) is 7.54. The number of esters is 1.